The SMILES string of the molecule is O=CNc1nc(Cl)ccc1[C@@H]1N[C@H]2CCNC(=O)[C@H]2[C@@H]1c1cccc(Cl)c1F. The molecule has 28 heavy (non-hydrogen) atoms. The summed E-state index contributed by atoms with van der Waals surface area (Å²) >= 11 is 12.0. The third-order valence-electron chi connectivity index (χ3n) is 5.39. The number of halogens is 3. The van der Waals surface area contributed by atoms with Crippen LogP contribution in [0.25, 0.3) is 0 Å². The second-order valence-electron chi connectivity index (χ2n) is 6.86. The number of amides is 2. The van der Waals surface area contributed by atoms with Crippen LogP contribution in [0.5, 0.6) is 0 Å². The van der Waals surface area contributed by atoms with Crippen LogP contribution in [0.4, 0.5) is 10.2 Å². The minimum Gasteiger partial charge on any atom is -0.356 e. The van der Waals surface area contributed by atoms with Crippen LogP contribution in [-0.4, -0.2) is 29.9 Å². The average molecular weight is 423 g/mol. The van der Waals surface area contributed by atoms with Gasteiger partial charge >= 0.3 is 0 Å². The minimum absolute atomic E-state index is 0.00334. The van der Waals surface area contributed by atoms with Gasteiger partial charge in [-0.15, -0.1) is 0 Å². The van der Waals surface area contributed by atoms with Crippen molar-refractivity contribution < 1.29 is 14.0 Å². The lowest BCUT2D eigenvalue weighted by molar-refractivity contribution is -0.127. The molecule has 0 saturated carbocycles. The van der Waals surface area contributed by atoms with E-state index in [1.165, 1.54) is 6.07 Å². The summed E-state index contributed by atoms with van der Waals surface area (Å²) in [6.07, 6.45) is 1.22. The Hall–Kier alpha value is -2.22. The van der Waals surface area contributed by atoms with Gasteiger partial charge in [-0.3, -0.25) is 9.59 Å². The third kappa shape index (κ3) is 3.23. The van der Waals surface area contributed by atoms with Crippen LogP contribution in [0.1, 0.15) is 29.5 Å². The van der Waals surface area contributed by atoms with E-state index in [1.807, 2.05) is 0 Å². The topological polar surface area (TPSA) is 83.1 Å². The van der Waals surface area contributed by atoms with Gasteiger partial charge in [0.2, 0.25) is 12.3 Å². The molecule has 3 heterocycles. The van der Waals surface area contributed by atoms with Crippen LogP contribution >= 0.6 is 23.2 Å². The largest absolute Gasteiger partial charge is 0.356 e. The number of hydrogen-bond acceptors (Lipinski definition) is 4. The maximum atomic E-state index is 14.9. The molecule has 2 fully saturated rings. The van der Waals surface area contributed by atoms with Crippen LogP contribution in [0.2, 0.25) is 10.2 Å². The van der Waals surface area contributed by atoms with E-state index >= 15 is 0 Å². The van der Waals surface area contributed by atoms with Crippen LogP contribution in [0.3, 0.4) is 0 Å². The predicted molar refractivity (Wildman–Crippen MR) is 104 cm³/mol. The maximum absolute atomic E-state index is 14.9. The molecule has 6 nitrogen and oxygen atoms in total. The number of carbonyl (C=O) groups is 2. The summed E-state index contributed by atoms with van der Waals surface area (Å²) in [5.41, 5.74) is 0.977. The number of benzene rings is 1. The summed E-state index contributed by atoms with van der Waals surface area (Å²) in [6, 6.07) is 7.50. The zero-order valence-corrected chi connectivity index (χ0v) is 16.1. The molecule has 1 aromatic carbocycles. The average Bonchev–Trinajstić information content (AvgIpc) is 3.05. The molecule has 2 aliphatic heterocycles. The Morgan fingerprint density at radius 1 is 1.18 bits per heavy atom. The summed E-state index contributed by atoms with van der Waals surface area (Å²) < 4.78 is 14.9. The predicted octanol–water partition coefficient (Wildman–Crippen LogP) is 3.03. The first kappa shape index (κ1) is 19.1. The number of nitrogens with one attached hydrogen (secondary N) is 3. The molecule has 1 aromatic heterocycles. The molecule has 146 valence electrons. The monoisotopic (exact) mass is 422 g/mol. The Morgan fingerprint density at radius 2 is 2.00 bits per heavy atom. The first-order valence-corrected chi connectivity index (χ1v) is 9.61. The Labute approximate surface area is 170 Å². The molecular formula is C19H17Cl2FN4O2. The third-order valence-corrected chi connectivity index (χ3v) is 5.90. The van der Waals surface area contributed by atoms with E-state index in [0.29, 0.717) is 30.5 Å². The van der Waals surface area contributed by atoms with E-state index in [0.717, 1.165) is 0 Å². The number of anilines is 1. The molecule has 2 saturated heterocycles. The van der Waals surface area contributed by atoms with Gasteiger partial charge in [0.1, 0.15) is 16.8 Å². The molecule has 4 atom stereocenters. The van der Waals surface area contributed by atoms with E-state index in [-0.39, 0.29) is 27.9 Å². The second kappa shape index (κ2) is 7.66. The smallest absolute Gasteiger partial charge is 0.225 e. The summed E-state index contributed by atoms with van der Waals surface area (Å²) in [5.74, 6) is -1.42. The highest BCUT2D eigenvalue weighted by Gasteiger charge is 2.50. The Balaban J connectivity index is 1.87. The van der Waals surface area contributed by atoms with Crippen molar-refractivity contribution in [2.24, 2.45) is 5.92 Å². The van der Waals surface area contributed by atoms with E-state index in [9.17, 15) is 14.0 Å². The summed E-state index contributed by atoms with van der Waals surface area (Å²) in [7, 11) is 0. The summed E-state index contributed by atoms with van der Waals surface area (Å²) in [4.78, 5) is 27.9. The highest BCUT2D eigenvalue weighted by Crippen LogP contribution is 2.48. The number of piperidine rings is 1. The fourth-order valence-corrected chi connectivity index (χ4v) is 4.61. The zero-order chi connectivity index (χ0) is 19.8. The van der Waals surface area contributed by atoms with Gasteiger partial charge in [-0.1, -0.05) is 41.4 Å². The van der Waals surface area contributed by atoms with E-state index in [2.05, 4.69) is 20.9 Å². The molecule has 0 bridgehead atoms. The number of rotatable bonds is 4. The molecule has 0 radical (unpaired) electrons. The van der Waals surface area contributed by atoms with Gasteiger partial charge in [-0.25, -0.2) is 9.37 Å². The van der Waals surface area contributed by atoms with E-state index < -0.39 is 23.7 Å². The molecule has 0 spiro atoms. The van der Waals surface area contributed by atoms with Gasteiger partial charge in [0.05, 0.1) is 10.9 Å². The molecule has 3 N–H and O–H groups in total. The normalized spacial score (nSPS) is 26.5. The highest BCUT2D eigenvalue weighted by atomic mass is 35.5. The van der Waals surface area contributed by atoms with Gasteiger partial charge in [0, 0.05) is 30.1 Å². The number of carbonyl (C=O) groups excluding carboxylic acids is 2. The molecule has 2 aliphatic rings. The molecule has 9 heteroatoms. The van der Waals surface area contributed by atoms with Crippen molar-refractivity contribution in [3.63, 3.8) is 0 Å². The van der Waals surface area contributed by atoms with Crippen molar-refractivity contribution in [1.82, 2.24) is 15.6 Å². The van der Waals surface area contributed by atoms with Crippen LogP contribution < -0.4 is 16.0 Å². The van der Waals surface area contributed by atoms with E-state index in [4.69, 9.17) is 23.2 Å². The first-order valence-electron chi connectivity index (χ1n) is 8.85. The summed E-state index contributed by atoms with van der Waals surface area (Å²) in [6.45, 7) is 0.544. The second-order valence-corrected chi connectivity index (χ2v) is 7.65. The number of aromatic nitrogens is 1. The summed E-state index contributed by atoms with van der Waals surface area (Å²) in [5, 5.41) is 9.07. The molecular weight excluding hydrogens is 406 g/mol. The van der Waals surface area contributed by atoms with Crippen molar-refractivity contribution >= 4 is 41.3 Å². The molecule has 2 amide bonds. The molecule has 4 rings (SSSR count). The first-order chi connectivity index (χ1) is 13.5. The van der Waals surface area contributed by atoms with Crippen LogP contribution in [0, 0.1) is 11.7 Å². The number of hydrogen-bond donors (Lipinski definition) is 3. The van der Waals surface area contributed by atoms with Crippen molar-refractivity contribution in [3.8, 4) is 0 Å². The van der Waals surface area contributed by atoms with Crippen molar-refractivity contribution in [1.29, 1.82) is 0 Å². The fraction of sp³-hybridized carbons (Fsp3) is 0.316. The van der Waals surface area contributed by atoms with Crippen molar-refractivity contribution in [2.75, 3.05) is 11.9 Å². The Kier molecular flexibility index (Phi) is 5.23. The van der Waals surface area contributed by atoms with Gasteiger partial charge < -0.3 is 16.0 Å². The lowest BCUT2D eigenvalue weighted by Crippen LogP contribution is -2.47. The van der Waals surface area contributed by atoms with Crippen molar-refractivity contribution in [2.45, 2.75) is 24.4 Å². The lowest BCUT2D eigenvalue weighted by Gasteiger charge is -2.29. The van der Waals surface area contributed by atoms with Gasteiger partial charge in [0.25, 0.3) is 0 Å². The van der Waals surface area contributed by atoms with Crippen LogP contribution in [0.15, 0.2) is 30.3 Å². The van der Waals surface area contributed by atoms with Gasteiger partial charge in [-0.2, -0.15) is 0 Å². The number of fused-ring (bicyclic) bond motifs is 1. The number of pyridine rings is 1. The van der Waals surface area contributed by atoms with Crippen molar-refractivity contribution in [3.05, 3.63) is 57.5 Å². The molecule has 0 aliphatic carbocycles. The Morgan fingerprint density at radius 3 is 2.79 bits per heavy atom. The Bertz CT molecular complexity index is 942. The standard InChI is InChI=1S/C19H17Cl2FN4O2/c20-11-3-1-2-9(16(11)22)14-15-12(6-7-23-19(15)28)25-17(14)10-4-5-13(21)26-18(10)24-8-27/h1-5,8,12,14-15,17,25H,6-7H2,(H,23,28)(H,24,26,27)/t12-,14-,15+,17-/m0/s1. The zero-order valence-electron chi connectivity index (χ0n) is 14.6. The minimum atomic E-state index is -0.549. The maximum Gasteiger partial charge on any atom is 0.225 e. The van der Waals surface area contributed by atoms with Crippen LogP contribution in [-0.2, 0) is 9.59 Å². The number of nitrogens with zero attached hydrogens (tertiary/aromatic N) is 1. The van der Waals surface area contributed by atoms with Gasteiger partial charge in [0.15, 0.2) is 0 Å². The lowest BCUT2D eigenvalue weighted by atomic mass is 9.77. The molecule has 0 unspecified atom stereocenters. The fourth-order valence-electron chi connectivity index (χ4n) is 4.28. The van der Waals surface area contributed by atoms with E-state index in [1.54, 1.807) is 24.3 Å². The quantitative estimate of drug-likeness (QED) is 0.522. The molecule has 2 aromatic rings. The van der Waals surface area contributed by atoms with Gasteiger partial charge in [-0.05, 0) is 24.1 Å². The highest BCUT2D eigenvalue weighted by molar-refractivity contribution is 6.30.